The van der Waals surface area contributed by atoms with Gasteiger partial charge in [-0.25, -0.2) is 9.67 Å². The van der Waals surface area contributed by atoms with Crippen LogP contribution in [0, 0.1) is 6.92 Å². The number of imidazole rings is 1. The van der Waals surface area contributed by atoms with Crippen LogP contribution in [-0.2, 0) is 19.0 Å². The predicted octanol–water partition coefficient (Wildman–Crippen LogP) is 3.98. The topological polar surface area (TPSA) is 35.6 Å². The van der Waals surface area contributed by atoms with Gasteiger partial charge >= 0.3 is 0 Å². The van der Waals surface area contributed by atoms with Crippen molar-refractivity contribution < 1.29 is 0 Å². The lowest BCUT2D eigenvalue weighted by Gasteiger charge is -2.28. The van der Waals surface area contributed by atoms with Crippen molar-refractivity contribution in [2.45, 2.75) is 63.2 Å². The Balaban J connectivity index is 2.11. The van der Waals surface area contributed by atoms with Crippen molar-refractivity contribution in [3.63, 3.8) is 0 Å². The Morgan fingerprint density at radius 1 is 1.33 bits per heavy atom. The van der Waals surface area contributed by atoms with Crippen LogP contribution >= 0.6 is 23.4 Å². The lowest BCUT2D eigenvalue weighted by atomic mass is 10.1. The van der Waals surface area contributed by atoms with Crippen molar-refractivity contribution in [2.75, 3.05) is 6.26 Å². The summed E-state index contributed by atoms with van der Waals surface area (Å²) in [5.41, 5.74) is 3.16. The molecule has 0 bridgehead atoms. The number of halogens is 1. The first-order valence-electron chi connectivity index (χ1n) is 7.68. The quantitative estimate of drug-likeness (QED) is 0.780. The van der Waals surface area contributed by atoms with E-state index in [1.54, 1.807) is 0 Å². The van der Waals surface area contributed by atoms with E-state index < -0.39 is 0 Å². The van der Waals surface area contributed by atoms with Crippen LogP contribution in [0.4, 0.5) is 0 Å². The Morgan fingerprint density at radius 2 is 2.05 bits per heavy atom. The first kappa shape index (κ1) is 15.2. The summed E-state index contributed by atoms with van der Waals surface area (Å²) in [7, 11) is 0. The summed E-state index contributed by atoms with van der Waals surface area (Å²) in [6.45, 7) is 6.02. The summed E-state index contributed by atoms with van der Waals surface area (Å²) < 4.78 is 4.73. The molecular formula is C15H23ClN4S. The van der Waals surface area contributed by atoms with Crippen molar-refractivity contribution in [3.05, 3.63) is 11.5 Å². The molecule has 4 nitrogen and oxygen atoms in total. The van der Waals surface area contributed by atoms with E-state index in [9.17, 15) is 0 Å². The highest BCUT2D eigenvalue weighted by Crippen LogP contribution is 2.42. The van der Waals surface area contributed by atoms with Gasteiger partial charge in [-0.05, 0) is 32.9 Å². The summed E-state index contributed by atoms with van der Waals surface area (Å²) in [6.07, 6.45) is 7.48. The normalized spacial score (nSPS) is 17.9. The summed E-state index contributed by atoms with van der Waals surface area (Å²) >= 11 is 8.17. The van der Waals surface area contributed by atoms with Crippen molar-refractivity contribution in [1.82, 2.24) is 19.3 Å². The zero-order chi connectivity index (χ0) is 15.0. The van der Waals surface area contributed by atoms with E-state index in [4.69, 9.17) is 16.6 Å². The number of fused-ring (bicyclic) bond motifs is 1. The molecule has 1 saturated carbocycles. The molecule has 1 aliphatic rings. The third-order valence-electron chi connectivity index (χ3n) is 4.69. The minimum Gasteiger partial charge on any atom is -0.310 e. The van der Waals surface area contributed by atoms with Crippen LogP contribution < -0.4 is 0 Å². The van der Waals surface area contributed by atoms with Crippen molar-refractivity contribution >= 4 is 34.5 Å². The van der Waals surface area contributed by atoms with E-state index in [0.717, 1.165) is 35.8 Å². The van der Waals surface area contributed by atoms with Gasteiger partial charge in [0.25, 0.3) is 0 Å². The molecular weight excluding hydrogens is 304 g/mol. The maximum Gasteiger partial charge on any atom is 0.159 e. The summed E-state index contributed by atoms with van der Waals surface area (Å²) in [5.74, 6) is 1.44. The average molecular weight is 327 g/mol. The molecule has 0 saturated heterocycles. The molecule has 0 N–H and O–H groups in total. The van der Waals surface area contributed by atoms with E-state index >= 15 is 0 Å². The standard InChI is InChI=1S/C15H23ClN4S/c1-4-20-14-13(11(2)18-20)17-12(9-16)19(14)10-15(21-3)7-5-6-8-15/h4-10H2,1-3H3. The lowest BCUT2D eigenvalue weighted by molar-refractivity contribution is 0.495. The SMILES string of the molecule is CCn1nc(C)c2nc(CCl)n(CC3(SC)CCCC3)c21. The minimum absolute atomic E-state index is 0.338. The van der Waals surface area contributed by atoms with Crippen molar-refractivity contribution in [3.8, 4) is 0 Å². The Kier molecular flexibility index (Phi) is 4.23. The number of hydrogen-bond donors (Lipinski definition) is 0. The van der Waals surface area contributed by atoms with E-state index in [-0.39, 0.29) is 0 Å². The molecule has 6 heteroatoms. The van der Waals surface area contributed by atoms with E-state index in [1.165, 1.54) is 25.7 Å². The minimum atomic E-state index is 0.338. The fourth-order valence-electron chi connectivity index (χ4n) is 3.49. The Hall–Kier alpha value is -0.680. The van der Waals surface area contributed by atoms with Gasteiger partial charge in [-0.1, -0.05) is 12.8 Å². The van der Waals surface area contributed by atoms with Gasteiger partial charge in [0.15, 0.2) is 5.65 Å². The van der Waals surface area contributed by atoms with Crippen LogP contribution in [0.1, 0.15) is 44.1 Å². The number of aryl methyl sites for hydroxylation is 2. The van der Waals surface area contributed by atoms with Gasteiger partial charge in [-0.2, -0.15) is 16.9 Å². The maximum atomic E-state index is 6.16. The third kappa shape index (κ3) is 2.48. The molecule has 0 amide bonds. The van der Waals surface area contributed by atoms with Crippen LogP contribution in [0.3, 0.4) is 0 Å². The highest BCUT2D eigenvalue weighted by Gasteiger charge is 2.35. The molecule has 1 aliphatic carbocycles. The van der Waals surface area contributed by atoms with E-state index in [2.05, 4.69) is 27.5 Å². The van der Waals surface area contributed by atoms with Crippen LogP contribution in [0.5, 0.6) is 0 Å². The molecule has 0 unspecified atom stereocenters. The van der Waals surface area contributed by atoms with E-state index in [1.807, 2.05) is 18.7 Å². The largest absolute Gasteiger partial charge is 0.310 e. The summed E-state index contributed by atoms with van der Waals surface area (Å²) in [4.78, 5) is 4.75. The molecule has 0 atom stereocenters. The van der Waals surface area contributed by atoms with Crippen LogP contribution in [0.15, 0.2) is 0 Å². The lowest BCUT2D eigenvalue weighted by Crippen LogP contribution is -2.28. The molecule has 2 heterocycles. The highest BCUT2D eigenvalue weighted by atomic mass is 35.5. The molecule has 0 aliphatic heterocycles. The summed E-state index contributed by atoms with van der Waals surface area (Å²) in [6, 6.07) is 0. The third-order valence-corrected chi connectivity index (χ3v) is 6.33. The average Bonchev–Trinajstić information content (AvgIpc) is 3.17. The number of thioether (sulfide) groups is 1. The van der Waals surface area contributed by atoms with Crippen molar-refractivity contribution in [2.24, 2.45) is 0 Å². The second-order valence-corrected chi connectivity index (χ2v) is 7.46. The van der Waals surface area contributed by atoms with E-state index in [0.29, 0.717) is 10.6 Å². The van der Waals surface area contributed by atoms with Crippen LogP contribution in [0.2, 0.25) is 0 Å². The fraction of sp³-hybridized carbons (Fsp3) is 0.733. The van der Waals surface area contributed by atoms with Crippen LogP contribution in [-0.4, -0.2) is 30.3 Å². The first-order valence-corrected chi connectivity index (χ1v) is 9.43. The second kappa shape index (κ2) is 5.84. The van der Waals surface area contributed by atoms with Gasteiger partial charge in [-0.3, -0.25) is 0 Å². The first-order chi connectivity index (χ1) is 10.1. The Labute approximate surface area is 135 Å². The predicted molar refractivity (Wildman–Crippen MR) is 90.2 cm³/mol. The number of alkyl halides is 1. The molecule has 2 aromatic rings. The zero-order valence-corrected chi connectivity index (χ0v) is 14.6. The molecule has 0 aromatic carbocycles. The molecule has 2 aromatic heterocycles. The molecule has 1 fully saturated rings. The van der Waals surface area contributed by atoms with Gasteiger partial charge in [0.2, 0.25) is 0 Å². The maximum absolute atomic E-state index is 6.16. The zero-order valence-electron chi connectivity index (χ0n) is 13.0. The monoisotopic (exact) mass is 326 g/mol. The van der Waals surface area contributed by atoms with Gasteiger partial charge < -0.3 is 4.57 Å². The van der Waals surface area contributed by atoms with Crippen LogP contribution in [0.25, 0.3) is 11.2 Å². The van der Waals surface area contributed by atoms with Crippen molar-refractivity contribution in [1.29, 1.82) is 0 Å². The Bertz CT molecular complexity index is 640. The fourth-order valence-corrected chi connectivity index (χ4v) is 4.65. The molecule has 0 spiro atoms. The number of rotatable bonds is 5. The van der Waals surface area contributed by atoms with Gasteiger partial charge in [-0.15, -0.1) is 11.6 Å². The number of aromatic nitrogens is 4. The summed E-state index contributed by atoms with van der Waals surface area (Å²) in [5, 5.41) is 4.61. The molecule has 21 heavy (non-hydrogen) atoms. The number of hydrogen-bond acceptors (Lipinski definition) is 3. The number of nitrogens with zero attached hydrogens (tertiary/aromatic N) is 4. The smallest absolute Gasteiger partial charge is 0.159 e. The molecule has 116 valence electrons. The second-order valence-electron chi connectivity index (χ2n) is 5.92. The molecule has 0 radical (unpaired) electrons. The molecule has 3 rings (SSSR count). The Morgan fingerprint density at radius 3 is 2.62 bits per heavy atom. The van der Waals surface area contributed by atoms with Gasteiger partial charge in [0.1, 0.15) is 11.3 Å². The van der Waals surface area contributed by atoms with Gasteiger partial charge in [0, 0.05) is 17.8 Å². The highest BCUT2D eigenvalue weighted by molar-refractivity contribution is 8.00. The van der Waals surface area contributed by atoms with Gasteiger partial charge in [0.05, 0.1) is 11.6 Å².